The molecule has 4 rings (SSSR count). The molecule has 0 radical (unpaired) electrons. The number of hydrogen-bond donors (Lipinski definition) is 1. The first-order valence-electron chi connectivity index (χ1n) is 7.91. The van der Waals surface area contributed by atoms with E-state index in [1.165, 1.54) is 11.1 Å². The molecule has 0 saturated carbocycles. The zero-order valence-electron chi connectivity index (χ0n) is 12.9. The fourth-order valence-electron chi connectivity index (χ4n) is 2.95. The lowest BCUT2D eigenvalue weighted by molar-refractivity contribution is 0.238. The van der Waals surface area contributed by atoms with E-state index in [4.69, 9.17) is 4.74 Å². The van der Waals surface area contributed by atoms with E-state index in [0.717, 1.165) is 31.0 Å². The first-order chi connectivity index (χ1) is 11.4. The van der Waals surface area contributed by atoms with Crippen molar-refractivity contribution in [1.29, 1.82) is 0 Å². The topological polar surface area (TPSA) is 39.1 Å². The van der Waals surface area contributed by atoms with Crippen LogP contribution in [0.1, 0.15) is 11.1 Å². The smallest absolute Gasteiger partial charge is 0.122 e. The lowest BCUT2D eigenvalue weighted by atomic mass is 10.0. The lowest BCUT2D eigenvalue weighted by Crippen LogP contribution is -2.38. The van der Waals surface area contributed by atoms with Gasteiger partial charge in [0.2, 0.25) is 0 Å². The van der Waals surface area contributed by atoms with Crippen molar-refractivity contribution in [2.24, 2.45) is 0 Å². The Morgan fingerprint density at radius 3 is 3.00 bits per heavy atom. The second-order valence-corrected chi connectivity index (χ2v) is 5.82. The third-order valence-electron chi connectivity index (χ3n) is 4.15. The van der Waals surface area contributed by atoms with Crippen LogP contribution >= 0.6 is 0 Å². The molecule has 1 atom stereocenters. The van der Waals surface area contributed by atoms with Crippen molar-refractivity contribution < 1.29 is 4.74 Å². The minimum atomic E-state index is 0.346. The molecule has 0 saturated heterocycles. The monoisotopic (exact) mass is 305 g/mol. The fourth-order valence-corrected chi connectivity index (χ4v) is 2.95. The van der Waals surface area contributed by atoms with E-state index in [9.17, 15) is 0 Å². The van der Waals surface area contributed by atoms with Gasteiger partial charge in [0.25, 0.3) is 0 Å². The highest BCUT2D eigenvalue weighted by molar-refractivity contribution is 5.36. The van der Waals surface area contributed by atoms with Crippen LogP contribution in [-0.4, -0.2) is 22.4 Å². The van der Waals surface area contributed by atoms with Gasteiger partial charge < -0.3 is 10.1 Å². The van der Waals surface area contributed by atoms with E-state index < -0.39 is 0 Å². The van der Waals surface area contributed by atoms with Gasteiger partial charge in [-0.25, -0.2) is 4.68 Å². The number of hydrogen-bond acceptors (Lipinski definition) is 3. The Labute approximate surface area is 135 Å². The van der Waals surface area contributed by atoms with Crippen molar-refractivity contribution in [3.8, 4) is 11.4 Å². The minimum Gasteiger partial charge on any atom is -0.492 e. The van der Waals surface area contributed by atoms with Gasteiger partial charge in [-0.3, -0.25) is 0 Å². The van der Waals surface area contributed by atoms with Crippen LogP contribution in [0.5, 0.6) is 5.75 Å². The summed E-state index contributed by atoms with van der Waals surface area (Å²) >= 11 is 0. The first-order valence-corrected chi connectivity index (χ1v) is 7.91. The zero-order chi connectivity index (χ0) is 15.5. The molecule has 1 aliphatic heterocycles. The Balaban J connectivity index is 1.41. The SMILES string of the molecule is c1cc(CNC2COc3ccccc3C2)cc(-n2cccn2)c1. The summed E-state index contributed by atoms with van der Waals surface area (Å²) in [5.74, 6) is 1.02. The summed E-state index contributed by atoms with van der Waals surface area (Å²) in [6, 6.07) is 19.0. The van der Waals surface area contributed by atoms with Crippen molar-refractivity contribution in [2.75, 3.05) is 6.61 Å². The molecule has 2 heterocycles. The van der Waals surface area contributed by atoms with Crippen molar-refractivity contribution in [3.05, 3.63) is 78.1 Å². The van der Waals surface area contributed by atoms with E-state index in [1.807, 2.05) is 29.1 Å². The summed E-state index contributed by atoms with van der Waals surface area (Å²) in [5, 5.41) is 7.88. The molecule has 116 valence electrons. The molecule has 1 N–H and O–H groups in total. The van der Waals surface area contributed by atoms with Crippen LogP contribution in [0, 0.1) is 0 Å². The van der Waals surface area contributed by atoms with E-state index in [-0.39, 0.29) is 0 Å². The van der Waals surface area contributed by atoms with Gasteiger partial charge in [-0.05, 0) is 41.8 Å². The van der Waals surface area contributed by atoms with Crippen molar-refractivity contribution in [3.63, 3.8) is 0 Å². The molecule has 2 aromatic carbocycles. The molecule has 1 aliphatic rings. The van der Waals surface area contributed by atoms with Crippen molar-refractivity contribution >= 4 is 0 Å². The largest absolute Gasteiger partial charge is 0.492 e. The van der Waals surface area contributed by atoms with Crippen LogP contribution in [0.3, 0.4) is 0 Å². The van der Waals surface area contributed by atoms with Gasteiger partial charge in [-0.2, -0.15) is 5.10 Å². The molecule has 0 aliphatic carbocycles. The maximum absolute atomic E-state index is 5.83. The average molecular weight is 305 g/mol. The maximum Gasteiger partial charge on any atom is 0.122 e. The molecule has 0 fully saturated rings. The second kappa shape index (κ2) is 6.26. The number of nitrogens with zero attached hydrogens (tertiary/aromatic N) is 2. The van der Waals surface area contributed by atoms with Crippen LogP contribution in [-0.2, 0) is 13.0 Å². The molecule has 3 aromatic rings. The highest BCUT2D eigenvalue weighted by Crippen LogP contribution is 2.24. The minimum absolute atomic E-state index is 0.346. The first kappa shape index (κ1) is 14.0. The van der Waals surface area contributed by atoms with Crippen molar-refractivity contribution in [1.82, 2.24) is 15.1 Å². The maximum atomic E-state index is 5.83. The molecule has 23 heavy (non-hydrogen) atoms. The van der Waals surface area contributed by atoms with Crippen LogP contribution in [0.2, 0.25) is 0 Å². The molecular weight excluding hydrogens is 286 g/mol. The number of ether oxygens (including phenoxy) is 1. The van der Waals surface area contributed by atoms with Gasteiger partial charge >= 0.3 is 0 Å². The molecule has 0 bridgehead atoms. The molecule has 4 nitrogen and oxygen atoms in total. The fraction of sp³-hybridized carbons (Fsp3) is 0.211. The third kappa shape index (κ3) is 3.12. The van der Waals surface area contributed by atoms with Gasteiger partial charge in [0.1, 0.15) is 12.4 Å². The van der Waals surface area contributed by atoms with E-state index in [2.05, 4.69) is 46.8 Å². The Kier molecular flexibility index (Phi) is 3.82. The third-order valence-corrected chi connectivity index (χ3v) is 4.15. The summed E-state index contributed by atoms with van der Waals surface area (Å²) in [6.07, 6.45) is 4.76. The van der Waals surface area contributed by atoms with E-state index >= 15 is 0 Å². The number of para-hydroxylation sites is 1. The summed E-state index contributed by atoms with van der Waals surface area (Å²) < 4.78 is 7.71. The van der Waals surface area contributed by atoms with Crippen LogP contribution < -0.4 is 10.1 Å². The van der Waals surface area contributed by atoms with Gasteiger partial charge in [0.15, 0.2) is 0 Å². The molecule has 1 unspecified atom stereocenters. The van der Waals surface area contributed by atoms with Gasteiger partial charge in [0.05, 0.1) is 5.69 Å². The summed E-state index contributed by atoms with van der Waals surface area (Å²) in [6.45, 7) is 1.54. The predicted octanol–water partition coefficient (Wildman–Crippen LogP) is 2.97. The highest BCUT2D eigenvalue weighted by Gasteiger charge is 2.18. The molecular formula is C19H19N3O. The molecule has 4 heteroatoms. The Morgan fingerprint density at radius 2 is 2.09 bits per heavy atom. The average Bonchev–Trinajstić information content (AvgIpc) is 3.15. The summed E-state index contributed by atoms with van der Waals surface area (Å²) in [7, 11) is 0. The van der Waals surface area contributed by atoms with Crippen LogP contribution in [0.25, 0.3) is 5.69 Å². The Hall–Kier alpha value is -2.59. The number of aromatic nitrogens is 2. The van der Waals surface area contributed by atoms with Crippen LogP contribution in [0.15, 0.2) is 67.0 Å². The number of benzene rings is 2. The standard InChI is InChI=1S/C19H19N3O/c1-2-8-19-16(6-1)12-17(14-23-19)20-13-15-5-3-7-18(11-15)22-10-4-9-21-22/h1-11,17,20H,12-14H2. The van der Waals surface area contributed by atoms with E-state index in [1.54, 1.807) is 6.20 Å². The van der Waals surface area contributed by atoms with Crippen LogP contribution in [0.4, 0.5) is 0 Å². The second-order valence-electron chi connectivity index (χ2n) is 5.82. The highest BCUT2D eigenvalue weighted by atomic mass is 16.5. The number of fused-ring (bicyclic) bond motifs is 1. The number of nitrogens with one attached hydrogen (secondary N) is 1. The predicted molar refractivity (Wildman–Crippen MR) is 89.8 cm³/mol. The van der Waals surface area contributed by atoms with Gasteiger partial charge in [-0.1, -0.05) is 30.3 Å². The Bertz CT molecular complexity index is 783. The summed E-state index contributed by atoms with van der Waals surface area (Å²) in [4.78, 5) is 0. The summed E-state index contributed by atoms with van der Waals surface area (Å²) in [5.41, 5.74) is 3.61. The normalized spacial score (nSPS) is 16.6. The Morgan fingerprint density at radius 1 is 1.13 bits per heavy atom. The molecule has 0 spiro atoms. The molecule has 1 aromatic heterocycles. The van der Waals surface area contributed by atoms with E-state index in [0.29, 0.717) is 6.04 Å². The van der Waals surface area contributed by atoms with Gasteiger partial charge in [0, 0.05) is 25.0 Å². The van der Waals surface area contributed by atoms with Gasteiger partial charge in [-0.15, -0.1) is 0 Å². The zero-order valence-corrected chi connectivity index (χ0v) is 12.9. The number of rotatable bonds is 4. The van der Waals surface area contributed by atoms with Crippen molar-refractivity contribution in [2.45, 2.75) is 19.0 Å². The molecule has 0 amide bonds. The lowest BCUT2D eigenvalue weighted by Gasteiger charge is -2.26. The quantitative estimate of drug-likeness (QED) is 0.805.